The molecular weight excluding hydrogens is 486 g/mol. The second-order valence-electron chi connectivity index (χ2n) is 9.74. The molecule has 2 aliphatic rings. The van der Waals surface area contributed by atoms with E-state index in [0.29, 0.717) is 31.3 Å². The fraction of sp³-hybridized carbons (Fsp3) is 0.583. The number of pyridine rings is 1. The number of hydrogen-bond donors (Lipinski definition) is 2. The predicted octanol–water partition coefficient (Wildman–Crippen LogP) is 2.72. The van der Waals surface area contributed by atoms with Crippen molar-refractivity contribution in [3.63, 3.8) is 0 Å². The molecule has 0 spiro atoms. The molecular formula is C24H30F2N8O3. The number of nitrogens with zero attached hydrogens (tertiary/aromatic N) is 6. The minimum absolute atomic E-state index is 0.0163. The van der Waals surface area contributed by atoms with E-state index in [4.69, 9.17) is 9.47 Å². The number of hydrogen-bond acceptors (Lipinski definition) is 9. The molecule has 1 aliphatic heterocycles. The molecule has 1 amide bonds. The lowest BCUT2D eigenvalue weighted by molar-refractivity contribution is -0.108. The normalized spacial score (nSPS) is 19.0. The molecule has 11 nitrogen and oxygen atoms in total. The zero-order chi connectivity index (χ0) is 26.0. The van der Waals surface area contributed by atoms with E-state index in [2.05, 4.69) is 35.5 Å². The van der Waals surface area contributed by atoms with Crippen LogP contribution in [0.2, 0.25) is 0 Å². The highest BCUT2D eigenvalue weighted by atomic mass is 19.3. The number of rotatable bonds is 9. The first-order chi connectivity index (χ1) is 17.8. The van der Waals surface area contributed by atoms with E-state index >= 15 is 0 Å². The van der Waals surface area contributed by atoms with Gasteiger partial charge in [-0.2, -0.15) is 20.1 Å². The lowest BCUT2D eigenvalue weighted by Gasteiger charge is -2.34. The third kappa shape index (κ3) is 5.76. The molecule has 0 radical (unpaired) electrons. The lowest BCUT2D eigenvalue weighted by atomic mass is 9.81. The second-order valence-corrected chi connectivity index (χ2v) is 9.74. The molecule has 37 heavy (non-hydrogen) atoms. The maximum absolute atomic E-state index is 13.1. The van der Waals surface area contributed by atoms with Crippen LogP contribution in [0.5, 0.6) is 6.01 Å². The van der Waals surface area contributed by atoms with Crippen LogP contribution in [0.4, 0.5) is 14.7 Å². The Morgan fingerprint density at radius 3 is 2.78 bits per heavy atom. The minimum Gasteiger partial charge on any atom is -0.458 e. The van der Waals surface area contributed by atoms with Gasteiger partial charge >= 0.3 is 6.01 Å². The standard InChI is InChI=1S/C24H30F2N8O3/c1-14(13-36-2)37-23-30-20(21(35)28-12-15-10-24(25,26)11-15)29-22(31-23)34-8-5-16(6-9-34)18-17-4-3-7-27-19(17)33-32-18/h3-4,7,14-16H,5-6,8-13H2,1-2H3,(H,28,35)(H,27,32,33). The average Bonchev–Trinajstić information content (AvgIpc) is 3.30. The number of nitrogens with one attached hydrogen (secondary N) is 2. The number of carbonyl (C=O) groups excluding carboxylic acids is 1. The Bertz CT molecular complexity index is 1240. The Morgan fingerprint density at radius 2 is 2.05 bits per heavy atom. The van der Waals surface area contributed by atoms with Crippen LogP contribution in [0, 0.1) is 5.92 Å². The topological polar surface area (TPSA) is 131 Å². The maximum Gasteiger partial charge on any atom is 0.322 e. The summed E-state index contributed by atoms with van der Waals surface area (Å²) >= 11 is 0. The molecule has 1 atom stereocenters. The zero-order valence-corrected chi connectivity index (χ0v) is 20.8. The average molecular weight is 517 g/mol. The molecule has 1 saturated heterocycles. The van der Waals surface area contributed by atoms with Gasteiger partial charge in [0.05, 0.1) is 6.61 Å². The van der Waals surface area contributed by atoms with Gasteiger partial charge in [0.25, 0.3) is 5.91 Å². The molecule has 4 heterocycles. The number of H-pyrrole nitrogens is 1. The van der Waals surface area contributed by atoms with Gasteiger partial charge < -0.3 is 19.7 Å². The van der Waals surface area contributed by atoms with Gasteiger partial charge in [-0.1, -0.05) is 0 Å². The first kappa shape index (κ1) is 25.2. The van der Waals surface area contributed by atoms with Crippen LogP contribution in [0.15, 0.2) is 18.3 Å². The molecule has 198 valence electrons. The monoisotopic (exact) mass is 516 g/mol. The van der Waals surface area contributed by atoms with E-state index in [9.17, 15) is 13.6 Å². The van der Waals surface area contributed by atoms with Gasteiger partial charge in [-0.05, 0) is 37.8 Å². The molecule has 2 fully saturated rings. The highest BCUT2D eigenvalue weighted by Crippen LogP contribution is 2.41. The first-order valence-corrected chi connectivity index (χ1v) is 12.4. The van der Waals surface area contributed by atoms with Crippen molar-refractivity contribution in [2.24, 2.45) is 5.92 Å². The summed E-state index contributed by atoms with van der Waals surface area (Å²) in [6.45, 7) is 3.57. The number of halogens is 2. The summed E-state index contributed by atoms with van der Waals surface area (Å²) in [5.74, 6) is -2.94. The van der Waals surface area contributed by atoms with Gasteiger partial charge in [0, 0.05) is 62.8 Å². The molecule has 0 aromatic carbocycles. The zero-order valence-electron chi connectivity index (χ0n) is 20.8. The quantitative estimate of drug-likeness (QED) is 0.441. The van der Waals surface area contributed by atoms with Crippen molar-refractivity contribution in [3.05, 3.63) is 29.8 Å². The van der Waals surface area contributed by atoms with Crippen molar-refractivity contribution in [2.75, 3.05) is 38.3 Å². The summed E-state index contributed by atoms with van der Waals surface area (Å²) in [6, 6.07) is 3.93. The minimum atomic E-state index is -2.64. The molecule has 5 rings (SSSR count). The largest absolute Gasteiger partial charge is 0.458 e. The number of methoxy groups -OCH3 is 1. The second kappa shape index (κ2) is 10.5. The third-order valence-corrected chi connectivity index (χ3v) is 6.79. The molecule has 13 heteroatoms. The van der Waals surface area contributed by atoms with Gasteiger partial charge in [0.2, 0.25) is 17.7 Å². The van der Waals surface area contributed by atoms with Crippen molar-refractivity contribution in [1.82, 2.24) is 35.5 Å². The van der Waals surface area contributed by atoms with Crippen LogP contribution in [0.25, 0.3) is 11.0 Å². The van der Waals surface area contributed by atoms with Gasteiger partial charge in [-0.25, -0.2) is 13.8 Å². The Kier molecular flexibility index (Phi) is 7.13. The summed E-state index contributed by atoms with van der Waals surface area (Å²) in [5.41, 5.74) is 1.77. The molecule has 1 saturated carbocycles. The fourth-order valence-corrected chi connectivity index (χ4v) is 4.88. The number of ether oxygens (including phenoxy) is 2. The van der Waals surface area contributed by atoms with Crippen LogP contribution < -0.4 is 15.0 Å². The lowest BCUT2D eigenvalue weighted by Crippen LogP contribution is -2.43. The van der Waals surface area contributed by atoms with Gasteiger partial charge in [0.15, 0.2) is 5.65 Å². The maximum atomic E-state index is 13.1. The number of alkyl halides is 2. The Balaban J connectivity index is 1.29. The van der Waals surface area contributed by atoms with Crippen LogP contribution in [0.3, 0.4) is 0 Å². The molecule has 3 aromatic rings. The van der Waals surface area contributed by atoms with Gasteiger partial charge in [-0.15, -0.1) is 0 Å². The number of fused-ring (bicyclic) bond motifs is 1. The fourth-order valence-electron chi connectivity index (χ4n) is 4.88. The molecule has 1 unspecified atom stereocenters. The summed E-state index contributed by atoms with van der Waals surface area (Å²) in [5, 5.41) is 11.1. The van der Waals surface area contributed by atoms with Crippen LogP contribution in [0.1, 0.15) is 54.8 Å². The smallest absolute Gasteiger partial charge is 0.322 e. The Hall–Kier alpha value is -3.48. The van der Waals surface area contributed by atoms with Crippen molar-refractivity contribution >= 4 is 22.9 Å². The summed E-state index contributed by atoms with van der Waals surface area (Å²) in [4.78, 5) is 32.1. The molecule has 1 aliphatic carbocycles. The van der Waals surface area contributed by atoms with Crippen molar-refractivity contribution in [2.45, 2.75) is 50.6 Å². The number of piperidine rings is 1. The molecule has 2 N–H and O–H groups in total. The SMILES string of the molecule is COCC(C)Oc1nc(C(=O)NCC2CC(F)(F)C2)nc(N2CCC(c3[nH]nc4ncccc34)CC2)n1. The van der Waals surface area contributed by atoms with E-state index in [1.807, 2.05) is 17.0 Å². The van der Waals surface area contributed by atoms with Crippen molar-refractivity contribution < 1.29 is 23.0 Å². The molecule has 3 aromatic heterocycles. The predicted molar refractivity (Wildman–Crippen MR) is 130 cm³/mol. The number of aromatic nitrogens is 6. The summed E-state index contributed by atoms with van der Waals surface area (Å²) < 4.78 is 37.2. The van der Waals surface area contributed by atoms with Crippen molar-refractivity contribution in [3.8, 4) is 6.01 Å². The van der Waals surface area contributed by atoms with E-state index in [1.54, 1.807) is 20.2 Å². The summed E-state index contributed by atoms with van der Waals surface area (Å²) in [6.07, 6.45) is 2.57. The number of carbonyl (C=O) groups is 1. The molecule has 0 bridgehead atoms. The van der Waals surface area contributed by atoms with Crippen molar-refractivity contribution in [1.29, 1.82) is 0 Å². The first-order valence-electron chi connectivity index (χ1n) is 12.4. The van der Waals surface area contributed by atoms with Crippen LogP contribution in [-0.2, 0) is 4.74 Å². The number of amides is 1. The highest BCUT2D eigenvalue weighted by molar-refractivity contribution is 5.90. The van der Waals surface area contributed by atoms with Gasteiger partial charge in [-0.3, -0.25) is 9.89 Å². The number of anilines is 1. The van der Waals surface area contributed by atoms with E-state index < -0.39 is 11.8 Å². The Labute approximate surface area is 212 Å². The van der Waals surface area contributed by atoms with Crippen LogP contribution >= 0.6 is 0 Å². The highest BCUT2D eigenvalue weighted by Gasteiger charge is 2.45. The van der Waals surface area contributed by atoms with E-state index in [1.165, 1.54) is 0 Å². The summed E-state index contributed by atoms with van der Waals surface area (Å²) in [7, 11) is 1.56. The Morgan fingerprint density at radius 1 is 1.27 bits per heavy atom. The number of aromatic amines is 1. The third-order valence-electron chi connectivity index (χ3n) is 6.79. The van der Waals surface area contributed by atoms with E-state index in [0.717, 1.165) is 23.9 Å². The van der Waals surface area contributed by atoms with E-state index in [-0.39, 0.29) is 49.2 Å². The van der Waals surface area contributed by atoms with Gasteiger partial charge in [0.1, 0.15) is 6.10 Å². The van der Waals surface area contributed by atoms with Crippen LogP contribution in [-0.4, -0.2) is 81.4 Å².